The summed E-state index contributed by atoms with van der Waals surface area (Å²) < 4.78 is 5.14. The van der Waals surface area contributed by atoms with Crippen molar-refractivity contribution in [2.45, 2.75) is 26.8 Å². The molecule has 0 aliphatic carbocycles. The summed E-state index contributed by atoms with van der Waals surface area (Å²) in [4.78, 5) is 26.8. The Hall–Kier alpha value is -3.38. The van der Waals surface area contributed by atoms with Gasteiger partial charge in [0.1, 0.15) is 11.4 Å². The molecule has 3 rings (SSSR count). The van der Waals surface area contributed by atoms with E-state index in [0.29, 0.717) is 11.3 Å². The van der Waals surface area contributed by atoms with Crippen LogP contribution >= 0.6 is 11.3 Å². The van der Waals surface area contributed by atoms with E-state index >= 15 is 0 Å². The lowest BCUT2D eigenvalue weighted by Gasteiger charge is -2.19. The van der Waals surface area contributed by atoms with E-state index in [2.05, 4.69) is 16.7 Å². The van der Waals surface area contributed by atoms with Gasteiger partial charge in [-0.25, -0.2) is 0 Å². The highest BCUT2D eigenvalue weighted by Gasteiger charge is 2.18. The molecule has 1 aromatic heterocycles. The van der Waals surface area contributed by atoms with Gasteiger partial charge in [-0.05, 0) is 73.7 Å². The van der Waals surface area contributed by atoms with Gasteiger partial charge in [0.25, 0.3) is 11.8 Å². The average molecular weight is 435 g/mol. The van der Waals surface area contributed by atoms with Crippen molar-refractivity contribution in [1.82, 2.24) is 10.6 Å². The molecule has 0 aliphatic heterocycles. The van der Waals surface area contributed by atoms with Crippen LogP contribution in [0.4, 0.5) is 0 Å². The molecule has 0 fully saturated rings. The van der Waals surface area contributed by atoms with E-state index in [0.717, 1.165) is 21.6 Å². The molecular formula is C25H26N2O3S. The molecular weight excluding hydrogens is 408 g/mol. The second-order valence-corrected chi connectivity index (χ2v) is 8.29. The minimum atomic E-state index is -0.361. The maximum atomic E-state index is 13.1. The van der Waals surface area contributed by atoms with Gasteiger partial charge in [0.15, 0.2) is 0 Å². The maximum Gasteiger partial charge on any atom is 0.268 e. The Bertz CT molecular complexity index is 1090. The van der Waals surface area contributed by atoms with E-state index in [4.69, 9.17) is 4.74 Å². The molecule has 3 aromatic rings. The first-order chi connectivity index (χ1) is 14.9. The molecule has 2 N–H and O–H groups in total. The van der Waals surface area contributed by atoms with Crippen molar-refractivity contribution in [1.29, 1.82) is 0 Å². The number of amides is 2. The van der Waals surface area contributed by atoms with Crippen molar-refractivity contribution in [2.24, 2.45) is 0 Å². The predicted molar refractivity (Wildman–Crippen MR) is 125 cm³/mol. The first kappa shape index (κ1) is 22.3. The number of carbonyl (C=O) groups is 2. The number of carbonyl (C=O) groups excluding carboxylic acids is 2. The third kappa shape index (κ3) is 5.83. The highest BCUT2D eigenvalue weighted by atomic mass is 32.1. The smallest absolute Gasteiger partial charge is 0.268 e. The van der Waals surface area contributed by atoms with Crippen LogP contribution < -0.4 is 15.4 Å². The van der Waals surface area contributed by atoms with Crippen LogP contribution in [0.15, 0.2) is 65.7 Å². The van der Waals surface area contributed by atoms with Crippen molar-refractivity contribution >= 4 is 29.2 Å². The van der Waals surface area contributed by atoms with Crippen LogP contribution in [0.1, 0.15) is 44.9 Å². The van der Waals surface area contributed by atoms with Crippen molar-refractivity contribution in [3.63, 3.8) is 0 Å². The second-order valence-electron chi connectivity index (χ2n) is 7.31. The summed E-state index contributed by atoms with van der Waals surface area (Å²) in [6, 6.07) is 16.5. The first-order valence-corrected chi connectivity index (χ1v) is 10.8. The summed E-state index contributed by atoms with van der Waals surface area (Å²) in [5.41, 5.74) is 3.91. The van der Waals surface area contributed by atoms with Crippen LogP contribution in [0.2, 0.25) is 0 Å². The lowest BCUT2D eigenvalue weighted by Crippen LogP contribution is -2.36. The first-order valence-electron chi connectivity index (χ1n) is 9.96. The van der Waals surface area contributed by atoms with Gasteiger partial charge in [0.05, 0.1) is 13.2 Å². The number of hydrogen-bond donors (Lipinski definition) is 2. The molecule has 0 spiro atoms. The summed E-state index contributed by atoms with van der Waals surface area (Å²) in [6.45, 7) is 5.98. The average Bonchev–Trinajstić information content (AvgIpc) is 3.28. The number of ether oxygens (including phenoxy) is 1. The summed E-state index contributed by atoms with van der Waals surface area (Å²) in [5.74, 6) is -0.0466. The molecule has 0 saturated heterocycles. The molecule has 1 heterocycles. The van der Waals surface area contributed by atoms with Gasteiger partial charge in [-0.15, -0.1) is 11.3 Å². The molecule has 5 nitrogen and oxygen atoms in total. The molecule has 1 atom stereocenters. The molecule has 31 heavy (non-hydrogen) atoms. The third-order valence-electron chi connectivity index (χ3n) is 4.92. The molecule has 0 bridgehead atoms. The standard InChI is InChI=1S/C25H26N2O3S/c1-16-7-8-17(2)22(14-16)18(3)26-25(29)23(15-21-6-5-13-31-21)27-24(28)19-9-11-20(30-4)12-10-19/h5-15,18H,1-4H3,(H,26,29)(H,27,28)/b23-15-/t18-/m1/s1. The van der Waals surface area contributed by atoms with Gasteiger partial charge in [0, 0.05) is 10.4 Å². The second kappa shape index (κ2) is 10.1. The Morgan fingerprint density at radius 1 is 1.06 bits per heavy atom. The zero-order valence-corrected chi connectivity index (χ0v) is 18.9. The summed E-state index contributed by atoms with van der Waals surface area (Å²) in [6.07, 6.45) is 1.69. The van der Waals surface area contributed by atoms with Crippen LogP contribution in [0.5, 0.6) is 5.75 Å². The highest BCUT2D eigenvalue weighted by molar-refractivity contribution is 7.10. The Labute approximate surface area is 186 Å². The minimum absolute atomic E-state index is 0.195. The van der Waals surface area contributed by atoms with Gasteiger partial charge in [-0.3, -0.25) is 9.59 Å². The number of benzene rings is 2. The fraction of sp³-hybridized carbons (Fsp3) is 0.200. The van der Waals surface area contributed by atoms with E-state index < -0.39 is 0 Å². The van der Waals surface area contributed by atoms with Gasteiger partial charge in [-0.1, -0.05) is 29.8 Å². The molecule has 0 radical (unpaired) electrons. The Kier molecular flexibility index (Phi) is 7.26. The van der Waals surface area contributed by atoms with Gasteiger partial charge >= 0.3 is 0 Å². The zero-order chi connectivity index (χ0) is 22.4. The lowest BCUT2D eigenvalue weighted by atomic mass is 10.00. The largest absolute Gasteiger partial charge is 0.497 e. The quantitative estimate of drug-likeness (QED) is 0.513. The number of nitrogens with one attached hydrogen (secondary N) is 2. The van der Waals surface area contributed by atoms with Crippen LogP contribution in [0.3, 0.4) is 0 Å². The molecule has 160 valence electrons. The summed E-state index contributed by atoms with van der Waals surface area (Å²) in [5, 5.41) is 7.70. The Balaban J connectivity index is 1.82. The van der Waals surface area contributed by atoms with Crippen LogP contribution in [-0.2, 0) is 4.79 Å². The number of thiophene rings is 1. The molecule has 0 aliphatic rings. The Morgan fingerprint density at radius 3 is 2.45 bits per heavy atom. The van der Waals surface area contributed by atoms with E-state index in [9.17, 15) is 9.59 Å². The van der Waals surface area contributed by atoms with E-state index in [1.54, 1.807) is 37.5 Å². The van der Waals surface area contributed by atoms with Gasteiger partial charge < -0.3 is 15.4 Å². The number of rotatable bonds is 7. The van der Waals surface area contributed by atoms with Crippen LogP contribution in [0.25, 0.3) is 6.08 Å². The molecule has 0 unspecified atom stereocenters. The predicted octanol–water partition coefficient (Wildman–Crippen LogP) is 5.02. The SMILES string of the molecule is COc1ccc(C(=O)N/C(=C\c2cccs2)C(=O)N[C@H](C)c2cc(C)ccc2C)cc1. The van der Waals surface area contributed by atoms with Crippen LogP contribution in [-0.4, -0.2) is 18.9 Å². The Morgan fingerprint density at radius 2 is 1.81 bits per heavy atom. The fourth-order valence-electron chi connectivity index (χ4n) is 3.19. The highest BCUT2D eigenvalue weighted by Crippen LogP contribution is 2.20. The van der Waals surface area contributed by atoms with Crippen molar-refractivity contribution < 1.29 is 14.3 Å². The molecule has 2 aromatic carbocycles. The van der Waals surface area contributed by atoms with E-state index in [-0.39, 0.29) is 23.6 Å². The van der Waals surface area contributed by atoms with Crippen LogP contribution in [0, 0.1) is 13.8 Å². The third-order valence-corrected chi connectivity index (χ3v) is 5.74. The summed E-state index contributed by atoms with van der Waals surface area (Å²) in [7, 11) is 1.57. The fourth-order valence-corrected chi connectivity index (χ4v) is 3.85. The molecule has 6 heteroatoms. The lowest BCUT2D eigenvalue weighted by molar-refractivity contribution is -0.118. The molecule has 2 amide bonds. The minimum Gasteiger partial charge on any atom is -0.497 e. The van der Waals surface area contributed by atoms with Gasteiger partial charge in [0.2, 0.25) is 0 Å². The summed E-state index contributed by atoms with van der Waals surface area (Å²) >= 11 is 1.49. The number of methoxy groups -OCH3 is 1. The maximum absolute atomic E-state index is 13.1. The molecule has 0 saturated carbocycles. The number of hydrogen-bond acceptors (Lipinski definition) is 4. The topological polar surface area (TPSA) is 67.4 Å². The monoisotopic (exact) mass is 434 g/mol. The van der Waals surface area contributed by atoms with Crippen molar-refractivity contribution in [3.05, 3.63) is 92.8 Å². The normalized spacial score (nSPS) is 12.2. The van der Waals surface area contributed by atoms with Crippen molar-refractivity contribution in [2.75, 3.05) is 7.11 Å². The van der Waals surface area contributed by atoms with Gasteiger partial charge in [-0.2, -0.15) is 0 Å². The van der Waals surface area contributed by atoms with E-state index in [1.807, 2.05) is 50.4 Å². The zero-order valence-electron chi connectivity index (χ0n) is 18.1. The number of aryl methyl sites for hydroxylation is 2. The van der Waals surface area contributed by atoms with E-state index in [1.165, 1.54) is 11.3 Å². The van der Waals surface area contributed by atoms with Crippen molar-refractivity contribution in [3.8, 4) is 5.75 Å².